The average molecular weight is 406 g/mol. The van der Waals surface area contributed by atoms with Gasteiger partial charge in [0.15, 0.2) is 0 Å². The van der Waals surface area contributed by atoms with Crippen molar-refractivity contribution in [2.45, 2.75) is 19.0 Å². The molecule has 1 aliphatic rings. The van der Waals surface area contributed by atoms with Gasteiger partial charge in [-0.15, -0.1) is 11.3 Å². The minimum atomic E-state index is -0.586. The lowest BCUT2D eigenvalue weighted by atomic mass is 9.94. The van der Waals surface area contributed by atoms with Crippen LogP contribution in [0.1, 0.15) is 16.0 Å². The highest BCUT2D eigenvalue weighted by atomic mass is 79.9. The first-order valence-electron chi connectivity index (χ1n) is 7.47. The van der Waals surface area contributed by atoms with E-state index in [1.165, 1.54) is 13.2 Å². The molecule has 124 valence electrons. The van der Waals surface area contributed by atoms with Crippen molar-refractivity contribution in [1.82, 2.24) is 4.90 Å². The first-order chi connectivity index (χ1) is 11.6. The Kier molecular flexibility index (Phi) is 5.16. The van der Waals surface area contributed by atoms with E-state index >= 15 is 0 Å². The lowest BCUT2D eigenvalue weighted by molar-refractivity contribution is -0.152. The van der Waals surface area contributed by atoms with Gasteiger partial charge in [0.1, 0.15) is 6.04 Å². The summed E-state index contributed by atoms with van der Waals surface area (Å²) < 4.78 is 5.90. The molecule has 0 saturated heterocycles. The number of methoxy groups -OCH3 is 1. The molecule has 0 radical (unpaired) electrons. The highest BCUT2D eigenvalue weighted by Crippen LogP contribution is 2.26. The molecule has 0 aliphatic carbocycles. The van der Waals surface area contributed by atoms with Crippen molar-refractivity contribution in [2.24, 2.45) is 0 Å². The number of thiophene rings is 1. The van der Waals surface area contributed by atoms with E-state index < -0.39 is 6.04 Å². The first-order valence-corrected chi connectivity index (χ1v) is 9.08. The Morgan fingerprint density at radius 1 is 1.25 bits per heavy atom. The number of ether oxygens (including phenoxy) is 1. The van der Waals surface area contributed by atoms with Gasteiger partial charge in [-0.05, 0) is 45.3 Å². The maximum Gasteiger partial charge on any atom is 0.328 e. The van der Waals surface area contributed by atoms with Gasteiger partial charge < -0.3 is 9.64 Å². The maximum absolute atomic E-state index is 12.6. The van der Waals surface area contributed by atoms with Crippen molar-refractivity contribution in [3.8, 4) is 0 Å². The summed E-state index contributed by atoms with van der Waals surface area (Å²) >= 11 is 4.94. The predicted molar refractivity (Wildman–Crippen MR) is 97.6 cm³/mol. The zero-order valence-electron chi connectivity index (χ0n) is 13.1. The molecule has 0 saturated carbocycles. The fourth-order valence-corrected chi connectivity index (χ4v) is 4.09. The van der Waals surface area contributed by atoms with Crippen LogP contribution in [0.5, 0.6) is 0 Å². The van der Waals surface area contributed by atoms with Crippen LogP contribution < -0.4 is 0 Å². The van der Waals surface area contributed by atoms with Crippen LogP contribution in [0.25, 0.3) is 6.08 Å². The van der Waals surface area contributed by atoms with Gasteiger partial charge in [-0.1, -0.05) is 24.3 Å². The number of benzene rings is 1. The van der Waals surface area contributed by atoms with Crippen LogP contribution in [0.2, 0.25) is 0 Å². The average Bonchev–Trinajstić information content (AvgIpc) is 3.03. The fourth-order valence-electron chi connectivity index (χ4n) is 2.77. The van der Waals surface area contributed by atoms with Gasteiger partial charge in [0.25, 0.3) is 0 Å². The Labute approximate surface area is 152 Å². The molecule has 2 aromatic rings. The van der Waals surface area contributed by atoms with E-state index in [1.54, 1.807) is 22.3 Å². The number of hydrogen-bond donors (Lipinski definition) is 0. The number of carbonyl (C=O) groups is 2. The van der Waals surface area contributed by atoms with Crippen molar-refractivity contribution < 1.29 is 14.3 Å². The van der Waals surface area contributed by atoms with Crippen molar-refractivity contribution in [3.63, 3.8) is 0 Å². The highest BCUT2D eigenvalue weighted by molar-refractivity contribution is 9.11. The van der Waals surface area contributed by atoms with Gasteiger partial charge in [0.2, 0.25) is 5.91 Å². The second-order valence-electron chi connectivity index (χ2n) is 5.45. The summed E-state index contributed by atoms with van der Waals surface area (Å²) in [5, 5.41) is 0. The molecule has 1 unspecified atom stereocenters. The second-order valence-corrected chi connectivity index (χ2v) is 7.95. The summed E-state index contributed by atoms with van der Waals surface area (Å²) in [7, 11) is 1.35. The van der Waals surface area contributed by atoms with Crippen molar-refractivity contribution in [3.05, 3.63) is 62.3 Å². The molecular weight excluding hydrogens is 390 g/mol. The Morgan fingerprint density at radius 3 is 2.67 bits per heavy atom. The van der Waals surface area contributed by atoms with Crippen LogP contribution in [0.15, 0.2) is 46.3 Å². The van der Waals surface area contributed by atoms with Gasteiger partial charge in [-0.25, -0.2) is 4.79 Å². The summed E-state index contributed by atoms with van der Waals surface area (Å²) in [5.41, 5.74) is 2.15. The van der Waals surface area contributed by atoms with Crippen LogP contribution in [-0.4, -0.2) is 29.9 Å². The third kappa shape index (κ3) is 3.60. The smallest absolute Gasteiger partial charge is 0.328 e. The Morgan fingerprint density at radius 2 is 2.00 bits per heavy atom. The Hall–Kier alpha value is -1.92. The van der Waals surface area contributed by atoms with E-state index in [1.807, 2.05) is 36.4 Å². The van der Waals surface area contributed by atoms with Crippen molar-refractivity contribution >= 4 is 45.2 Å². The topological polar surface area (TPSA) is 46.6 Å². The molecule has 0 spiro atoms. The van der Waals surface area contributed by atoms with E-state index in [0.717, 1.165) is 19.8 Å². The summed E-state index contributed by atoms with van der Waals surface area (Å²) in [5.74, 6) is -0.574. The number of nitrogens with zero attached hydrogens (tertiary/aromatic N) is 1. The molecular formula is C18H16BrNO3S. The number of halogens is 1. The SMILES string of the molecule is COC(=O)C1Cc2ccccc2CN1C(=O)C=Cc1ccc(Br)s1. The largest absolute Gasteiger partial charge is 0.467 e. The summed E-state index contributed by atoms with van der Waals surface area (Å²) in [6, 6.07) is 11.1. The summed E-state index contributed by atoms with van der Waals surface area (Å²) in [6.45, 7) is 0.410. The molecule has 1 amide bonds. The molecule has 1 aromatic carbocycles. The lowest BCUT2D eigenvalue weighted by Gasteiger charge is -2.34. The molecule has 24 heavy (non-hydrogen) atoms. The van der Waals surface area contributed by atoms with Gasteiger partial charge in [-0.2, -0.15) is 0 Å². The second kappa shape index (κ2) is 7.32. The number of fused-ring (bicyclic) bond motifs is 1. The van der Waals surface area contributed by atoms with E-state index in [-0.39, 0.29) is 11.9 Å². The number of carbonyl (C=O) groups excluding carboxylic acids is 2. The van der Waals surface area contributed by atoms with E-state index in [0.29, 0.717) is 13.0 Å². The van der Waals surface area contributed by atoms with Gasteiger partial charge in [0, 0.05) is 23.9 Å². The quantitative estimate of drug-likeness (QED) is 0.578. The minimum absolute atomic E-state index is 0.190. The van der Waals surface area contributed by atoms with Gasteiger partial charge >= 0.3 is 5.97 Å². The van der Waals surface area contributed by atoms with Gasteiger partial charge in [-0.3, -0.25) is 4.79 Å². The van der Waals surface area contributed by atoms with Crippen LogP contribution in [0.3, 0.4) is 0 Å². The third-order valence-corrected chi connectivity index (χ3v) is 5.58. The zero-order chi connectivity index (χ0) is 17.1. The molecule has 4 nitrogen and oxygen atoms in total. The molecule has 0 N–H and O–H groups in total. The van der Waals surface area contributed by atoms with Crippen LogP contribution in [0, 0.1) is 0 Å². The van der Waals surface area contributed by atoms with Crippen molar-refractivity contribution in [2.75, 3.05) is 7.11 Å². The van der Waals surface area contributed by atoms with Crippen LogP contribution in [0.4, 0.5) is 0 Å². The molecule has 1 aromatic heterocycles. The lowest BCUT2D eigenvalue weighted by Crippen LogP contribution is -2.48. The van der Waals surface area contributed by atoms with Crippen molar-refractivity contribution in [1.29, 1.82) is 0 Å². The summed E-state index contributed by atoms with van der Waals surface area (Å²) in [4.78, 5) is 27.3. The minimum Gasteiger partial charge on any atom is -0.467 e. The maximum atomic E-state index is 12.6. The summed E-state index contributed by atoms with van der Waals surface area (Å²) in [6.07, 6.45) is 3.77. The molecule has 2 heterocycles. The monoisotopic (exact) mass is 405 g/mol. The molecule has 0 bridgehead atoms. The van der Waals surface area contributed by atoms with Gasteiger partial charge in [0.05, 0.1) is 10.9 Å². The predicted octanol–water partition coefficient (Wildman–Crippen LogP) is 3.65. The van der Waals surface area contributed by atoms with E-state index in [4.69, 9.17) is 4.74 Å². The Bertz CT molecular complexity index is 799. The molecule has 1 atom stereocenters. The number of amides is 1. The number of esters is 1. The van der Waals surface area contributed by atoms with E-state index in [9.17, 15) is 9.59 Å². The van der Waals surface area contributed by atoms with E-state index in [2.05, 4.69) is 15.9 Å². The molecule has 3 rings (SSSR count). The molecule has 6 heteroatoms. The van der Waals surface area contributed by atoms with Crippen LogP contribution in [-0.2, 0) is 27.3 Å². The highest BCUT2D eigenvalue weighted by Gasteiger charge is 2.34. The third-order valence-electron chi connectivity index (χ3n) is 3.99. The zero-order valence-corrected chi connectivity index (χ0v) is 15.5. The first kappa shape index (κ1) is 16.9. The fraction of sp³-hybridized carbons (Fsp3) is 0.222. The normalized spacial score (nSPS) is 16.9. The number of rotatable bonds is 3. The molecule has 0 fully saturated rings. The number of hydrogen-bond acceptors (Lipinski definition) is 4. The molecule has 1 aliphatic heterocycles. The standard InChI is InChI=1S/C18H16BrNO3S/c1-23-18(22)15-10-12-4-2-3-5-13(12)11-20(15)17(21)9-7-14-6-8-16(19)24-14/h2-9,15H,10-11H2,1H3. The Balaban J connectivity index is 1.84. The van der Waals surface area contributed by atoms with Crippen LogP contribution >= 0.6 is 27.3 Å².